The zero-order valence-electron chi connectivity index (χ0n) is 9.31. The Morgan fingerprint density at radius 3 is 2.19 bits per heavy atom. The highest BCUT2D eigenvalue weighted by Crippen LogP contribution is 2.30. The maximum absolute atomic E-state index is 13.5. The zero-order chi connectivity index (χ0) is 11.6. The molecule has 1 aromatic rings. The molecule has 2 rings (SSSR count). The molecule has 0 saturated heterocycles. The van der Waals surface area contributed by atoms with Crippen molar-refractivity contribution >= 4 is 0 Å². The summed E-state index contributed by atoms with van der Waals surface area (Å²) < 4.78 is 27.0. The predicted molar refractivity (Wildman–Crippen MR) is 60.1 cm³/mol. The van der Waals surface area contributed by atoms with Crippen molar-refractivity contribution in [3.8, 4) is 0 Å². The van der Waals surface area contributed by atoms with E-state index < -0.39 is 17.2 Å². The van der Waals surface area contributed by atoms with Crippen molar-refractivity contribution in [1.29, 1.82) is 0 Å². The van der Waals surface area contributed by atoms with Crippen LogP contribution in [0.5, 0.6) is 0 Å². The first-order valence-electron chi connectivity index (χ1n) is 5.82. The van der Waals surface area contributed by atoms with Gasteiger partial charge in [0.15, 0.2) is 0 Å². The van der Waals surface area contributed by atoms with Crippen LogP contribution in [0.1, 0.15) is 37.7 Å². The molecule has 0 heterocycles. The third kappa shape index (κ3) is 2.40. The summed E-state index contributed by atoms with van der Waals surface area (Å²) in [5.74, 6) is -0.953. The van der Waals surface area contributed by atoms with Crippen molar-refractivity contribution in [2.45, 2.75) is 44.1 Å². The van der Waals surface area contributed by atoms with Gasteiger partial charge in [-0.2, -0.15) is 0 Å². The van der Waals surface area contributed by atoms with Crippen LogP contribution in [0.2, 0.25) is 0 Å². The van der Waals surface area contributed by atoms with Gasteiger partial charge in [-0.1, -0.05) is 25.3 Å². The molecule has 1 aliphatic rings. The lowest BCUT2D eigenvalue weighted by atomic mass is 9.78. The molecule has 0 amide bonds. The van der Waals surface area contributed by atoms with Crippen LogP contribution in [0.4, 0.5) is 8.78 Å². The molecule has 3 heteroatoms. The first-order chi connectivity index (χ1) is 7.61. The molecule has 88 valence electrons. The van der Waals surface area contributed by atoms with E-state index >= 15 is 0 Å². The number of benzene rings is 1. The van der Waals surface area contributed by atoms with Gasteiger partial charge in [-0.15, -0.1) is 0 Å². The summed E-state index contributed by atoms with van der Waals surface area (Å²) in [5.41, 5.74) is 5.93. The lowest BCUT2D eigenvalue weighted by Gasteiger charge is -2.33. The van der Waals surface area contributed by atoms with E-state index in [9.17, 15) is 8.78 Å². The van der Waals surface area contributed by atoms with Gasteiger partial charge in [0.05, 0.1) is 0 Å². The minimum atomic E-state index is -0.476. The summed E-state index contributed by atoms with van der Waals surface area (Å²) in [6, 6.07) is 3.98. The molecule has 1 fully saturated rings. The second-order valence-corrected chi connectivity index (χ2v) is 4.80. The molecule has 0 aromatic heterocycles. The molecule has 1 saturated carbocycles. The summed E-state index contributed by atoms with van der Waals surface area (Å²) in [6.07, 6.45) is 5.34. The first kappa shape index (κ1) is 11.5. The SMILES string of the molecule is NC1(Cc2c(F)cccc2F)CCCCC1. The van der Waals surface area contributed by atoms with Crippen LogP contribution >= 0.6 is 0 Å². The Kier molecular flexibility index (Phi) is 3.24. The fourth-order valence-corrected chi connectivity index (χ4v) is 2.49. The second-order valence-electron chi connectivity index (χ2n) is 4.80. The van der Waals surface area contributed by atoms with E-state index in [0.29, 0.717) is 6.42 Å². The monoisotopic (exact) mass is 225 g/mol. The fraction of sp³-hybridized carbons (Fsp3) is 0.538. The molecule has 0 radical (unpaired) electrons. The van der Waals surface area contributed by atoms with E-state index in [0.717, 1.165) is 25.7 Å². The van der Waals surface area contributed by atoms with Crippen molar-refractivity contribution in [2.75, 3.05) is 0 Å². The van der Waals surface area contributed by atoms with Gasteiger partial charge in [-0.25, -0.2) is 8.78 Å². The van der Waals surface area contributed by atoms with Crippen molar-refractivity contribution in [3.05, 3.63) is 35.4 Å². The van der Waals surface area contributed by atoms with Crippen LogP contribution in [0.3, 0.4) is 0 Å². The summed E-state index contributed by atoms with van der Waals surface area (Å²) in [6.45, 7) is 0. The average Bonchev–Trinajstić information content (AvgIpc) is 2.25. The normalized spacial score (nSPS) is 19.7. The van der Waals surface area contributed by atoms with Crippen molar-refractivity contribution in [1.82, 2.24) is 0 Å². The van der Waals surface area contributed by atoms with Gasteiger partial charge in [0, 0.05) is 11.1 Å². The number of nitrogens with two attached hydrogens (primary N) is 1. The Morgan fingerprint density at radius 1 is 1.06 bits per heavy atom. The van der Waals surface area contributed by atoms with Gasteiger partial charge in [0.1, 0.15) is 11.6 Å². The minimum absolute atomic E-state index is 0.145. The van der Waals surface area contributed by atoms with Crippen LogP contribution in [0.25, 0.3) is 0 Å². The standard InChI is InChI=1S/C13H17F2N/c14-11-5-4-6-12(15)10(11)9-13(16)7-2-1-3-8-13/h4-6H,1-3,7-9,16H2. The highest BCUT2D eigenvalue weighted by molar-refractivity contribution is 5.22. The van der Waals surface area contributed by atoms with E-state index in [2.05, 4.69) is 0 Å². The Morgan fingerprint density at radius 2 is 1.62 bits per heavy atom. The largest absolute Gasteiger partial charge is 0.325 e. The van der Waals surface area contributed by atoms with Gasteiger partial charge < -0.3 is 5.73 Å². The molecule has 0 spiro atoms. The Balaban J connectivity index is 2.19. The Hall–Kier alpha value is -0.960. The summed E-state index contributed by atoms with van der Waals surface area (Å²) in [4.78, 5) is 0. The third-order valence-corrected chi connectivity index (χ3v) is 3.44. The van der Waals surface area contributed by atoms with Crippen LogP contribution in [0, 0.1) is 11.6 Å². The lowest BCUT2D eigenvalue weighted by Crippen LogP contribution is -2.44. The summed E-state index contributed by atoms with van der Waals surface area (Å²) >= 11 is 0. The topological polar surface area (TPSA) is 26.0 Å². The maximum Gasteiger partial charge on any atom is 0.129 e. The maximum atomic E-state index is 13.5. The highest BCUT2D eigenvalue weighted by atomic mass is 19.1. The first-order valence-corrected chi connectivity index (χ1v) is 5.82. The number of hydrogen-bond donors (Lipinski definition) is 1. The van der Waals surface area contributed by atoms with Gasteiger partial charge >= 0.3 is 0 Å². The molecule has 0 bridgehead atoms. The highest BCUT2D eigenvalue weighted by Gasteiger charge is 2.29. The van der Waals surface area contributed by atoms with Crippen LogP contribution in [0.15, 0.2) is 18.2 Å². The van der Waals surface area contributed by atoms with E-state index in [-0.39, 0.29) is 5.56 Å². The molecule has 16 heavy (non-hydrogen) atoms. The van der Waals surface area contributed by atoms with Crippen molar-refractivity contribution in [2.24, 2.45) is 5.73 Å². The molecule has 2 N–H and O–H groups in total. The van der Waals surface area contributed by atoms with E-state index in [1.807, 2.05) is 0 Å². The Labute approximate surface area is 94.7 Å². The minimum Gasteiger partial charge on any atom is -0.325 e. The molecule has 1 aliphatic carbocycles. The number of halogens is 2. The summed E-state index contributed by atoms with van der Waals surface area (Å²) in [7, 11) is 0. The number of rotatable bonds is 2. The predicted octanol–water partition coefficient (Wildman–Crippen LogP) is 3.17. The van der Waals surface area contributed by atoms with Gasteiger partial charge in [-0.3, -0.25) is 0 Å². The molecule has 0 aliphatic heterocycles. The van der Waals surface area contributed by atoms with Crippen LogP contribution in [-0.2, 0) is 6.42 Å². The summed E-state index contributed by atoms with van der Waals surface area (Å²) in [5, 5.41) is 0. The molecular weight excluding hydrogens is 208 g/mol. The van der Waals surface area contributed by atoms with Crippen LogP contribution in [-0.4, -0.2) is 5.54 Å². The van der Waals surface area contributed by atoms with Crippen molar-refractivity contribution in [3.63, 3.8) is 0 Å². The van der Waals surface area contributed by atoms with E-state index in [1.165, 1.54) is 24.6 Å². The molecule has 1 nitrogen and oxygen atoms in total. The fourth-order valence-electron chi connectivity index (χ4n) is 2.49. The quantitative estimate of drug-likeness (QED) is 0.822. The van der Waals surface area contributed by atoms with E-state index in [4.69, 9.17) is 5.73 Å². The van der Waals surface area contributed by atoms with E-state index in [1.54, 1.807) is 0 Å². The van der Waals surface area contributed by atoms with Gasteiger partial charge in [0.25, 0.3) is 0 Å². The molecule has 1 aromatic carbocycles. The van der Waals surface area contributed by atoms with Gasteiger partial charge in [0.2, 0.25) is 0 Å². The second kappa shape index (κ2) is 4.50. The lowest BCUT2D eigenvalue weighted by molar-refractivity contribution is 0.288. The third-order valence-electron chi connectivity index (χ3n) is 3.44. The molecular formula is C13H17F2N. The van der Waals surface area contributed by atoms with Gasteiger partial charge in [-0.05, 0) is 31.4 Å². The molecule has 0 unspecified atom stereocenters. The smallest absolute Gasteiger partial charge is 0.129 e. The molecule has 0 atom stereocenters. The Bertz CT molecular complexity index is 350. The van der Waals surface area contributed by atoms with Crippen molar-refractivity contribution < 1.29 is 8.78 Å². The zero-order valence-corrected chi connectivity index (χ0v) is 9.31. The number of hydrogen-bond acceptors (Lipinski definition) is 1. The van der Waals surface area contributed by atoms with Crippen LogP contribution < -0.4 is 5.73 Å². The average molecular weight is 225 g/mol.